The highest BCUT2D eigenvalue weighted by atomic mass is 16.6. The number of amides is 4. The molecule has 5 rings (SSSR count). The summed E-state index contributed by atoms with van der Waals surface area (Å²) >= 11 is 0. The number of hydrogen-bond donors (Lipinski definition) is 2. The third-order valence-electron chi connectivity index (χ3n) is 8.68. The number of benzene rings is 3. The van der Waals surface area contributed by atoms with Crippen LogP contribution in [0.1, 0.15) is 78.4 Å². The van der Waals surface area contributed by atoms with Crippen LogP contribution in [0.25, 0.3) is 0 Å². The summed E-state index contributed by atoms with van der Waals surface area (Å²) in [5.74, 6) is -0.444. The molecule has 4 amide bonds. The van der Waals surface area contributed by atoms with Crippen molar-refractivity contribution in [2.75, 3.05) is 28.6 Å². The maximum atomic E-state index is 13.2. The predicted octanol–water partition coefficient (Wildman–Crippen LogP) is 7.57. The molecule has 0 bridgehead atoms. The smallest absolute Gasteiger partial charge is 0.410 e. The molecule has 0 aliphatic carbocycles. The molecule has 2 aliphatic rings. The average Bonchev–Trinajstić information content (AvgIpc) is 3.76. The fourth-order valence-electron chi connectivity index (χ4n) is 6.31. The summed E-state index contributed by atoms with van der Waals surface area (Å²) < 4.78 is 11.0. The van der Waals surface area contributed by atoms with E-state index in [0.717, 1.165) is 29.7 Å². The van der Waals surface area contributed by atoms with Gasteiger partial charge >= 0.3 is 12.2 Å². The van der Waals surface area contributed by atoms with E-state index in [4.69, 9.17) is 9.47 Å². The first-order chi connectivity index (χ1) is 24.1. The first-order valence-electron chi connectivity index (χ1n) is 17.7. The zero-order valence-electron chi connectivity index (χ0n) is 30.6. The van der Waals surface area contributed by atoms with Crippen LogP contribution in [0.2, 0.25) is 0 Å². The minimum Gasteiger partial charge on any atom is -0.444 e. The molecule has 11 nitrogen and oxygen atoms in total. The van der Waals surface area contributed by atoms with E-state index in [2.05, 4.69) is 27.7 Å². The Morgan fingerprint density at radius 3 is 1.39 bits per heavy atom. The summed E-state index contributed by atoms with van der Waals surface area (Å²) in [5.41, 5.74) is 3.24. The molecule has 3 aromatic rings. The van der Waals surface area contributed by atoms with Crippen LogP contribution in [-0.4, -0.2) is 70.2 Å². The van der Waals surface area contributed by atoms with Crippen molar-refractivity contribution < 1.29 is 28.7 Å². The number of carbonyl (C=O) groups excluding carboxylic acids is 4. The van der Waals surface area contributed by atoms with E-state index in [9.17, 15) is 19.2 Å². The SMILES string of the molecule is CC(C)(C)OC(=O)N1CCC[C@H]1C(=O)Nc1ccc(CN(Cc2ccc(NC(=O)[C@@H]3CCCN3C(=O)OC(C)(C)C)cc2)c2ccccc2)cc1. The van der Waals surface area contributed by atoms with Gasteiger partial charge in [0.2, 0.25) is 11.8 Å². The number of carbonyl (C=O) groups is 4. The Morgan fingerprint density at radius 1 is 0.627 bits per heavy atom. The lowest BCUT2D eigenvalue weighted by Gasteiger charge is -2.28. The van der Waals surface area contributed by atoms with Gasteiger partial charge in [-0.15, -0.1) is 0 Å². The topological polar surface area (TPSA) is 121 Å². The summed E-state index contributed by atoms with van der Waals surface area (Å²) in [5, 5.41) is 5.96. The second-order valence-electron chi connectivity index (χ2n) is 15.2. The normalized spacial score (nSPS) is 17.5. The Kier molecular flexibility index (Phi) is 11.6. The Morgan fingerprint density at radius 2 is 1.02 bits per heavy atom. The predicted molar refractivity (Wildman–Crippen MR) is 198 cm³/mol. The summed E-state index contributed by atoms with van der Waals surface area (Å²) in [6.07, 6.45) is 1.75. The van der Waals surface area contributed by atoms with Crippen LogP contribution in [0.15, 0.2) is 78.9 Å². The number of nitrogens with one attached hydrogen (secondary N) is 2. The quantitative estimate of drug-likeness (QED) is 0.237. The fourth-order valence-corrected chi connectivity index (χ4v) is 6.31. The van der Waals surface area contributed by atoms with Crippen molar-refractivity contribution in [2.45, 2.75) is 104 Å². The summed E-state index contributed by atoms with van der Waals surface area (Å²) in [4.78, 5) is 57.0. The first kappa shape index (κ1) is 37.2. The molecule has 2 heterocycles. The van der Waals surface area contributed by atoms with Crippen molar-refractivity contribution in [3.05, 3.63) is 90.0 Å². The molecule has 2 fully saturated rings. The Labute approximate surface area is 301 Å². The van der Waals surface area contributed by atoms with E-state index < -0.39 is 35.5 Å². The molecule has 0 aromatic heterocycles. The van der Waals surface area contributed by atoms with Crippen LogP contribution < -0.4 is 15.5 Å². The van der Waals surface area contributed by atoms with Crippen molar-refractivity contribution in [3.63, 3.8) is 0 Å². The lowest BCUT2D eigenvalue weighted by molar-refractivity contribution is -0.121. The fraction of sp³-hybridized carbons (Fsp3) is 0.450. The molecule has 0 saturated carbocycles. The molecule has 2 aliphatic heterocycles. The van der Waals surface area contributed by atoms with Crippen molar-refractivity contribution in [1.82, 2.24) is 9.80 Å². The number of anilines is 3. The molecular formula is C40H51N5O6. The maximum absolute atomic E-state index is 13.2. The first-order valence-corrected chi connectivity index (χ1v) is 17.7. The zero-order chi connectivity index (χ0) is 36.8. The summed E-state index contributed by atoms with van der Waals surface area (Å²) in [7, 11) is 0. The zero-order valence-corrected chi connectivity index (χ0v) is 30.6. The molecule has 2 atom stereocenters. The van der Waals surface area contributed by atoms with E-state index >= 15 is 0 Å². The monoisotopic (exact) mass is 697 g/mol. The van der Waals surface area contributed by atoms with Crippen molar-refractivity contribution in [1.29, 1.82) is 0 Å². The van der Waals surface area contributed by atoms with Gasteiger partial charge in [-0.25, -0.2) is 9.59 Å². The van der Waals surface area contributed by atoms with Gasteiger partial charge in [-0.2, -0.15) is 0 Å². The van der Waals surface area contributed by atoms with Crippen LogP contribution in [0.4, 0.5) is 26.7 Å². The lowest BCUT2D eigenvalue weighted by atomic mass is 10.1. The molecule has 272 valence electrons. The van der Waals surface area contributed by atoms with E-state index in [1.165, 1.54) is 9.80 Å². The second-order valence-corrected chi connectivity index (χ2v) is 15.2. The molecule has 0 spiro atoms. The highest BCUT2D eigenvalue weighted by molar-refractivity contribution is 5.97. The molecule has 0 unspecified atom stereocenters. The minimum atomic E-state index is -0.630. The molecule has 51 heavy (non-hydrogen) atoms. The third kappa shape index (κ3) is 10.5. The van der Waals surface area contributed by atoms with Crippen molar-refractivity contribution in [3.8, 4) is 0 Å². The van der Waals surface area contributed by atoms with E-state index in [1.54, 1.807) is 0 Å². The standard InChI is InChI=1S/C40H51N5O6/c1-39(2,3)50-37(48)44-24-10-14-33(44)35(46)41-30-20-16-28(17-21-30)26-43(32-12-8-7-9-13-32)27-29-18-22-31(23-19-29)42-36(47)34-15-11-25-45(34)38(49)51-40(4,5)6/h7-9,12-13,16-23,33-34H,10-11,14-15,24-27H2,1-6H3,(H,41,46)(H,42,47)/t33-,34-/m0/s1. The number of para-hydroxylation sites is 1. The summed E-state index contributed by atoms with van der Waals surface area (Å²) in [6, 6.07) is 24.5. The van der Waals surface area contributed by atoms with Gasteiger partial charge in [-0.3, -0.25) is 19.4 Å². The second kappa shape index (κ2) is 15.9. The molecule has 11 heteroatoms. The number of hydrogen-bond acceptors (Lipinski definition) is 7. The Hall–Kier alpha value is -5.06. The van der Waals surface area contributed by atoms with Crippen LogP contribution in [0, 0.1) is 0 Å². The highest BCUT2D eigenvalue weighted by Crippen LogP contribution is 2.26. The van der Waals surface area contributed by atoms with Crippen LogP contribution in [0.3, 0.4) is 0 Å². The van der Waals surface area contributed by atoms with Gasteiger partial charge in [-0.05, 0) is 115 Å². The van der Waals surface area contributed by atoms with Gasteiger partial charge in [0.05, 0.1) is 0 Å². The third-order valence-corrected chi connectivity index (χ3v) is 8.68. The van der Waals surface area contributed by atoms with Gasteiger partial charge in [0.25, 0.3) is 0 Å². The van der Waals surface area contributed by atoms with Gasteiger partial charge in [-0.1, -0.05) is 42.5 Å². The molecule has 2 N–H and O–H groups in total. The van der Waals surface area contributed by atoms with Crippen molar-refractivity contribution in [2.24, 2.45) is 0 Å². The van der Waals surface area contributed by atoms with E-state index in [0.29, 0.717) is 50.4 Å². The largest absolute Gasteiger partial charge is 0.444 e. The highest BCUT2D eigenvalue weighted by Gasteiger charge is 2.38. The number of rotatable bonds is 9. The van der Waals surface area contributed by atoms with Gasteiger partial charge < -0.3 is 25.0 Å². The van der Waals surface area contributed by atoms with E-state index in [1.807, 2.05) is 108 Å². The van der Waals surface area contributed by atoms with Crippen LogP contribution in [0.5, 0.6) is 0 Å². The Bertz CT molecular complexity index is 1560. The molecule has 0 radical (unpaired) electrons. The van der Waals surface area contributed by atoms with Gasteiger partial charge in [0.1, 0.15) is 23.3 Å². The maximum Gasteiger partial charge on any atom is 0.410 e. The van der Waals surface area contributed by atoms with Crippen LogP contribution >= 0.6 is 0 Å². The average molecular weight is 698 g/mol. The molecular weight excluding hydrogens is 646 g/mol. The van der Waals surface area contributed by atoms with Gasteiger partial charge in [0, 0.05) is 43.2 Å². The lowest BCUT2D eigenvalue weighted by Crippen LogP contribution is -2.45. The number of ether oxygens (including phenoxy) is 2. The van der Waals surface area contributed by atoms with E-state index in [-0.39, 0.29) is 11.8 Å². The molecule has 2 saturated heterocycles. The molecule has 3 aromatic carbocycles. The summed E-state index contributed by atoms with van der Waals surface area (Å²) in [6.45, 7) is 13.1. The van der Waals surface area contributed by atoms with Gasteiger partial charge in [0.15, 0.2) is 0 Å². The Balaban J connectivity index is 1.20. The minimum absolute atomic E-state index is 0.222. The number of likely N-dealkylation sites (tertiary alicyclic amines) is 2. The van der Waals surface area contributed by atoms with Crippen LogP contribution in [-0.2, 0) is 32.2 Å². The van der Waals surface area contributed by atoms with Crippen molar-refractivity contribution >= 4 is 41.1 Å². The number of nitrogens with zero attached hydrogens (tertiary/aromatic N) is 3.